The highest BCUT2D eigenvalue weighted by Gasteiger charge is 2.18. The van der Waals surface area contributed by atoms with Crippen molar-refractivity contribution in [3.63, 3.8) is 0 Å². The normalized spacial score (nSPS) is 15.2. The zero-order chi connectivity index (χ0) is 14.8. The van der Waals surface area contributed by atoms with E-state index in [9.17, 15) is 4.39 Å². The second-order valence-corrected chi connectivity index (χ2v) is 5.61. The van der Waals surface area contributed by atoms with Crippen LogP contribution < -0.4 is 10.1 Å². The molecule has 2 aromatic rings. The Balaban J connectivity index is 1.99. The van der Waals surface area contributed by atoms with Gasteiger partial charge in [-0.2, -0.15) is 0 Å². The van der Waals surface area contributed by atoms with Crippen molar-refractivity contribution < 1.29 is 9.13 Å². The van der Waals surface area contributed by atoms with Gasteiger partial charge in [0.25, 0.3) is 0 Å². The lowest BCUT2D eigenvalue weighted by atomic mass is 9.95. The quantitative estimate of drug-likeness (QED) is 0.921. The third kappa shape index (κ3) is 2.89. The number of hydrogen-bond donors (Lipinski definition) is 1. The minimum absolute atomic E-state index is 0.0645. The van der Waals surface area contributed by atoms with E-state index in [1.54, 1.807) is 6.07 Å². The van der Waals surface area contributed by atoms with Crippen LogP contribution in [0.3, 0.4) is 0 Å². The van der Waals surface area contributed by atoms with E-state index in [4.69, 9.17) is 16.3 Å². The predicted octanol–water partition coefficient (Wildman–Crippen LogP) is 4.11. The van der Waals surface area contributed by atoms with Gasteiger partial charge in [-0.1, -0.05) is 29.8 Å². The molecule has 1 atom stereocenters. The van der Waals surface area contributed by atoms with Crippen molar-refractivity contribution in [1.29, 1.82) is 0 Å². The third-order valence-electron chi connectivity index (χ3n) is 3.83. The molecule has 1 aliphatic rings. The van der Waals surface area contributed by atoms with Crippen LogP contribution in [0.4, 0.5) is 4.39 Å². The van der Waals surface area contributed by atoms with E-state index in [0.29, 0.717) is 5.02 Å². The summed E-state index contributed by atoms with van der Waals surface area (Å²) in [7, 11) is 1.88. The first-order valence-corrected chi connectivity index (χ1v) is 7.44. The van der Waals surface area contributed by atoms with Gasteiger partial charge in [-0.05, 0) is 54.8 Å². The maximum absolute atomic E-state index is 13.2. The van der Waals surface area contributed by atoms with Crippen molar-refractivity contribution in [2.24, 2.45) is 0 Å². The standard InChI is InChI=1S/C17H17ClFNO/c1-20-17(14-6-5-13(19)10-15(14)18)12-4-7-16-11(9-12)3-2-8-21-16/h4-7,9-10,17,20H,2-3,8H2,1H3. The van der Waals surface area contributed by atoms with Crippen molar-refractivity contribution in [3.8, 4) is 5.75 Å². The second-order valence-electron chi connectivity index (χ2n) is 5.21. The molecule has 1 heterocycles. The fourth-order valence-corrected chi connectivity index (χ4v) is 3.07. The smallest absolute Gasteiger partial charge is 0.124 e. The van der Waals surface area contributed by atoms with Crippen LogP contribution in [0, 0.1) is 5.82 Å². The third-order valence-corrected chi connectivity index (χ3v) is 4.16. The molecular weight excluding hydrogens is 289 g/mol. The highest BCUT2D eigenvalue weighted by molar-refractivity contribution is 6.31. The Labute approximate surface area is 128 Å². The molecule has 1 aliphatic heterocycles. The summed E-state index contributed by atoms with van der Waals surface area (Å²) in [5.74, 6) is 0.641. The van der Waals surface area contributed by atoms with E-state index < -0.39 is 0 Å². The van der Waals surface area contributed by atoms with Gasteiger partial charge in [0.05, 0.1) is 12.6 Å². The Bertz CT molecular complexity index is 659. The summed E-state index contributed by atoms with van der Waals surface area (Å²) >= 11 is 6.19. The van der Waals surface area contributed by atoms with Crippen molar-refractivity contribution in [2.75, 3.05) is 13.7 Å². The molecule has 4 heteroatoms. The highest BCUT2D eigenvalue weighted by atomic mass is 35.5. The zero-order valence-electron chi connectivity index (χ0n) is 11.8. The van der Waals surface area contributed by atoms with Gasteiger partial charge in [0.15, 0.2) is 0 Å². The summed E-state index contributed by atoms with van der Waals surface area (Å²) in [5, 5.41) is 3.69. The first-order chi connectivity index (χ1) is 10.2. The molecule has 1 N–H and O–H groups in total. The molecule has 0 spiro atoms. The fourth-order valence-electron chi connectivity index (χ4n) is 2.80. The number of nitrogens with one attached hydrogen (secondary N) is 1. The van der Waals surface area contributed by atoms with Crippen LogP contribution in [0.2, 0.25) is 5.02 Å². The lowest BCUT2D eigenvalue weighted by Gasteiger charge is -2.22. The Hall–Kier alpha value is -1.58. The first-order valence-electron chi connectivity index (χ1n) is 7.07. The summed E-state index contributed by atoms with van der Waals surface area (Å²) in [6, 6.07) is 10.6. The van der Waals surface area contributed by atoms with Crippen LogP contribution in [0.1, 0.15) is 29.2 Å². The van der Waals surface area contributed by atoms with Gasteiger partial charge in [0.2, 0.25) is 0 Å². The van der Waals surface area contributed by atoms with Gasteiger partial charge in [0, 0.05) is 5.02 Å². The summed E-state index contributed by atoms with van der Waals surface area (Å²) in [6.07, 6.45) is 2.06. The largest absolute Gasteiger partial charge is 0.493 e. The Kier molecular flexibility index (Phi) is 4.13. The van der Waals surface area contributed by atoms with Gasteiger partial charge in [-0.3, -0.25) is 0 Å². The highest BCUT2D eigenvalue weighted by Crippen LogP contribution is 2.32. The average molecular weight is 306 g/mol. The topological polar surface area (TPSA) is 21.3 Å². The van der Waals surface area contributed by atoms with Gasteiger partial charge in [0.1, 0.15) is 11.6 Å². The average Bonchev–Trinajstić information content (AvgIpc) is 2.50. The summed E-state index contributed by atoms with van der Waals surface area (Å²) in [6.45, 7) is 0.783. The van der Waals surface area contributed by atoms with E-state index in [0.717, 1.165) is 36.3 Å². The minimum Gasteiger partial charge on any atom is -0.493 e. The molecule has 21 heavy (non-hydrogen) atoms. The molecule has 0 bridgehead atoms. The second kappa shape index (κ2) is 6.04. The van der Waals surface area contributed by atoms with Crippen LogP contribution in [0.5, 0.6) is 5.75 Å². The molecule has 2 aromatic carbocycles. The van der Waals surface area contributed by atoms with Gasteiger partial charge in [-0.25, -0.2) is 4.39 Å². The lowest BCUT2D eigenvalue weighted by Crippen LogP contribution is -2.19. The van der Waals surface area contributed by atoms with E-state index >= 15 is 0 Å². The van der Waals surface area contributed by atoms with E-state index in [1.807, 2.05) is 19.2 Å². The first kappa shape index (κ1) is 14.4. The van der Waals surface area contributed by atoms with Crippen molar-refractivity contribution >= 4 is 11.6 Å². The van der Waals surface area contributed by atoms with Crippen molar-refractivity contribution in [1.82, 2.24) is 5.32 Å². The Morgan fingerprint density at radius 1 is 1.24 bits per heavy atom. The molecule has 0 amide bonds. The number of aryl methyl sites for hydroxylation is 1. The zero-order valence-corrected chi connectivity index (χ0v) is 12.6. The van der Waals surface area contributed by atoms with Crippen molar-refractivity contribution in [2.45, 2.75) is 18.9 Å². The number of benzene rings is 2. The molecule has 110 valence electrons. The number of rotatable bonds is 3. The van der Waals surface area contributed by atoms with Gasteiger partial charge >= 0.3 is 0 Å². The van der Waals surface area contributed by atoms with Crippen molar-refractivity contribution in [3.05, 3.63) is 63.9 Å². The maximum Gasteiger partial charge on any atom is 0.124 e. The summed E-state index contributed by atoms with van der Waals surface area (Å²) in [4.78, 5) is 0. The number of fused-ring (bicyclic) bond motifs is 1. The van der Waals surface area contributed by atoms with Crippen LogP contribution in [0.15, 0.2) is 36.4 Å². The monoisotopic (exact) mass is 305 g/mol. The number of ether oxygens (including phenoxy) is 1. The van der Waals surface area contributed by atoms with Gasteiger partial charge in [-0.15, -0.1) is 0 Å². The number of halogens is 2. The molecule has 0 saturated heterocycles. The molecule has 0 saturated carbocycles. The van der Waals surface area contributed by atoms with Crippen LogP contribution in [-0.4, -0.2) is 13.7 Å². The molecule has 0 aromatic heterocycles. The van der Waals surface area contributed by atoms with E-state index in [2.05, 4.69) is 11.4 Å². The molecule has 0 aliphatic carbocycles. The van der Waals surface area contributed by atoms with Gasteiger partial charge < -0.3 is 10.1 Å². The predicted molar refractivity (Wildman–Crippen MR) is 82.6 cm³/mol. The van der Waals surface area contributed by atoms with E-state index in [1.165, 1.54) is 17.7 Å². The van der Waals surface area contributed by atoms with Crippen LogP contribution in [0.25, 0.3) is 0 Å². The maximum atomic E-state index is 13.2. The molecule has 1 unspecified atom stereocenters. The minimum atomic E-state index is -0.322. The molecule has 3 rings (SSSR count). The Morgan fingerprint density at radius 3 is 2.86 bits per heavy atom. The summed E-state index contributed by atoms with van der Waals surface area (Å²) in [5.41, 5.74) is 3.20. The van der Waals surface area contributed by atoms with E-state index in [-0.39, 0.29) is 11.9 Å². The number of hydrogen-bond acceptors (Lipinski definition) is 2. The lowest BCUT2D eigenvalue weighted by molar-refractivity contribution is 0.288. The Morgan fingerprint density at radius 2 is 2.10 bits per heavy atom. The molecule has 2 nitrogen and oxygen atoms in total. The fraction of sp³-hybridized carbons (Fsp3) is 0.294. The SMILES string of the molecule is CNC(c1ccc2c(c1)CCCO2)c1ccc(F)cc1Cl. The van der Waals surface area contributed by atoms with Crippen LogP contribution in [-0.2, 0) is 6.42 Å². The summed E-state index contributed by atoms with van der Waals surface area (Å²) < 4.78 is 18.9. The molecular formula is C17H17ClFNO. The van der Waals surface area contributed by atoms with Crippen LogP contribution >= 0.6 is 11.6 Å². The molecule has 0 radical (unpaired) electrons. The molecule has 0 fully saturated rings.